The lowest BCUT2D eigenvalue weighted by molar-refractivity contribution is -0.125. The molecule has 8 nitrogen and oxygen atoms in total. The lowest BCUT2D eigenvalue weighted by Crippen LogP contribution is -2.29. The molecule has 0 radical (unpaired) electrons. The standard InChI is InChI=1S/C19H15Cl2FN6O2/c1-2-14(29)28-6-5-10(8-28)30-19-23-7-13-17(27-19)18(25-9-24-13)26-12-4-3-11(20)15(21)16(12)22/h2-4,7,9-10H,1,5-6,8H2,(H,24,25,26)/t10-/m0/s1. The van der Waals surface area contributed by atoms with Gasteiger partial charge >= 0.3 is 6.01 Å². The van der Waals surface area contributed by atoms with Gasteiger partial charge < -0.3 is 15.0 Å². The molecule has 1 N–H and O–H groups in total. The van der Waals surface area contributed by atoms with Crippen molar-refractivity contribution >= 4 is 51.6 Å². The van der Waals surface area contributed by atoms with E-state index in [0.717, 1.165) is 0 Å². The van der Waals surface area contributed by atoms with Gasteiger partial charge in [0.15, 0.2) is 11.6 Å². The minimum absolute atomic E-state index is 0.0832. The molecule has 1 aliphatic heterocycles. The number of likely N-dealkylation sites (tertiary alicyclic amines) is 1. The van der Waals surface area contributed by atoms with Gasteiger partial charge in [-0.05, 0) is 18.2 Å². The first kappa shape index (κ1) is 20.2. The van der Waals surface area contributed by atoms with Crippen molar-refractivity contribution in [3.05, 3.63) is 53.2 Å². The highest BCUT2D eigenvalue weighted by molar-refractivity contribution is 6.42. The molecule has 154 valence electrons. The number of nitrogens with zero attached hydrogens (tertiary/aromatic N) is 5. The van der Waals surface area contributed by atoms with E-state index in [-0.39, 0.29) is 39.6 Å². The normalized spacial score (nSPS) is 16.0. The first-order chi connectivity index (χ1) is 14.5. The van der Waals surface area contributed by atoms with Gasteiger partial charge in [-0.25, -0.2) is 19.3 Å². The zero-order valence-corrected chi connectivity index (χ0v) is 17.0. The number of carbonyl (C=O) groups excluding carboxylic acids is 1. The lowest BCUT2D eigenvalue weighted by atomic mass is 10.3. The Hall–Kier alpha value is -3.04. The summed E-state index contributed by atoms with van der Waals surface area (Å²) in [5, 5.41) is 2.76. The number of fused-ring (bicyclic) bond motifs is 1. The highest BCUT2D eigenvalue weighted by Gasteiger charge is 2.27. The van der Waals surface area contributed by atoms with Crippen LogP contribution in [0.1, 0.15) is 6.42 Å². The maximum atomic E-state index is 14.4. The van der Waals surface area contributed by atoms with Crippen LogP contribution in [0.15, 0.2) is 37.3 Å². The Morgan fingerprint density at radius 2 is 2.17 bits per heavy atom. The molecule has 1 fully saturated rings. The van der Waals surface area contributed by atoms with Crippen LogP contribution in [-0.2, 0) is 4.79 Å². The van der Waals surface area contributed by atoms with Crippen molar-refractivity contribution < 1.29 is 13.9 Å². The van der Waals surface area contributed by atoms with Crippen LogP contribution in [0.5, 0.6) is 6.01 Å². The van der Waals surface area contributed by atoms with Crippen molar-refractivity contribution in [3.63, 3.8) is 0 Å². The first-order valence-electron chi connectivity index (χ1n) is 8.92. The number of anilines is 2. The van der Waals surface area contributed by atoms with E-state index in [2.05, 4.69) is 31.8 Å². The summed E-state index contributed by atoms with van der Waals surface area (Å²) < 4.78 is 20.2. The monoisotopic (exact) mass is 448 g/mol. The lowest BCUT2D eigenvalue weighted by Gasteiger charge is -2.15. The fourth-order valence-corrected chi connectivity index (χ4v) is 3.35. The largest absolute Gasteiger partial charge is 0.458 e. The Kier molecular flexibility index (Phi) is 5.65. The van der Waals surface area contributed by atoms with Crippen LogP contribution in [0, 0.1) is 5.82 Å². The summed E-state index contributed by atoms with van der Waals surface area (Å²) in [6.07, 6.45) is 4.45. The molecule has 2 aromatic heterocycles. The molecule has 30 heavy (non-hydrogen) atoms. The Balaban J connectivity index is 1.59. The molecular weight excluding hydrogens is 434 g/mol. The van der Waals surface area contributed by atoms with Gasteiger partial charge in [0.2, 0.25) is 5.91 Å². The molecule has 1 amide bonds. The first-order valence-corrected chi connectivity index (χ1v) is 9.68. The zero-order valence-electron chi connectivity index (χ0n) is 15.5. The number of halogens is 3. The smallest absolute Gasteiger partial charge is 0.317 e. The number of rotatable bonds is 5. The van der Waals surface area contributed by atoms with E-state index in [4.69, 9.17) is 27.9 Å². The van der Waals surface area contributed by atoms with Gasteiger partial charge in [-0.3, -0.25) is 4.79 Å². The molecule has 0 unspecified atom stereocenters. The summed E-state index contributed by atoms with van der Waals surface area (Å²) in [5.41, 5.74) is 0.861. The van der Waals surface area contributed by atoms with Crippen molar-refractivity contribution in [2.45, 2.75) is 12.5 Å². The molecule has 0 saturated carbocycles. The maximum Gasteiger partial charge on any atom is 0.317 e. The summed E-state index contributed by atoms with van der Waals surface area (Å²) in [7, 11) is 0. The topological polar surface area (TPSA) is 93.1 Å². The number of carbonyl (C=O) groups is 1. The number of amides is 1. The van der Waals surface area contributed by atoms with Crippen LogP contribution in [0.4, 0.5) is 15.9 Å². The molecule has 1 atom stereocenters. The van der Waals surface area contributed by atoms with Gasteiger partial charge in [-0.1, -0.05) is 29.8 Å². The summed E-state index contributed by atoms with van der Waals surface area (Å²) in [6, 6.07) is 3.02. The minimum Gasteiger partial charge on any atom is -0.458 e. The third-order valence-electron chi connectivity index (χ3n) is 4.55. The van der Waals surface area contributed by atoms with Crippen LogP contribution in [-0.4, -0.2) is 49.9 Å². The molecule has 0 spiro atoms. The van der Waals surface area contributed by atoms with Crippen molar-refractivity contribution in [1.29, 1.82) is 0 Å². The third-order valence-corrected chi connectivity index (χ3v) is 5.33. The van der Waals surface area contributed by atoms with Crippen LogP contribution < -0.4 is 10.1 Å². The Bertz CT molecular complexity index is 1150. The Morgan fingerprint density at radius 1 is 1.33 bits per heavy atom. The number of hydrogen-bond acceptors (Lipinski definition) is 7. The maximum absolute atomic E-state index is 14.4. The highest BCUT2D eigenvalue weighted by Crippen LogP contribution is 2.32. The van der Waals surface area contributed by atoms with E-state index in [1.165, 1.54) is 30.7 Å². The molecule has 4 rings (SSSR count). The average Bonchev–Trinajstić information content (AvgIpc) is 3.22. The number of nitrogens with one attached hydrogen (secondary N) is 1. The second kappa shape index (κ2) is 8.37. The van der Waals surface area contributed by atoms with Crippen LogP contribution in [0.3, 0.4) is 0 Å². The van der Waals surface area contributed by atoms with Gasteiger partial charge in [0.1, 0.15) is 23.5 Å². The van der Waals surface area contributed by atoms with Crippen LogP contribution >= 0.6 is 23.2 Å². The van der Waals surface area contributed by atoms with Gasteiger partial charge in [0.25, 0.3) is 0 Å². The van der Waals surface area contributed by atoms with Gasteiger partial charge in [0, 0.05) is 13.0 Å². The number of aromatic nitrogens is 4. The molecular formula is C19H15Cl2FN6O2. The van der Waals surface area contributed by atoms with Crippen molar-refractivity contribution in [2.75, 3.05) is 18.4 Å². The predicted molar refractivity (Wildman–Crippen MR) is 111 cm³/mol. The van der Waals surface area contributed by atoms with Gasteiger partial charge in [-0.2, -0.15) is 4.98 Å². The third kappa shape index (κ3) is 3.99. The Labute approximate surface area is 180 Å². The molecule has 0 aliphatic carbocycles. The van der Waals surface area contributed by atoms with Crippen LogP contribution in [0.2, 0.25) is 10.0 Å². The fourth-order valence-electron chi connectivity index (χ4n) is 3.04. The Morgan fingerprint density at radius 3 is 2.97 bits per heavy atom. The fraction of sp³-hybridized carbons (Fsp3) is 0.211. The number of hydrogen-bond donors (Lipinski definition) is 1. The van der Waals surface area contributed by atoms with E-state index in [1.54, 1.807) is 4.90 Å². The second-order valence-corrected chi connectivity index (χ2v) is 7.26. The van der Waals surface area contributed by atoms with Gasteiger partial charge in [-0.15, -0.1) is 0 Å². The van der Waals surface area contributed by atoms with E-state index in [9.17, 15) is 9.18 Å². The zero-order chi connectivity index (χ0) is 21.3. The summed E-state index contributed by atoms with van der Waals surface area (Å²) >= 11 is 11.7. The quantitative estimate of drug-likeness (QED) is 0.468. The SMILES string of the molecule is C=CC(=O)N1CC[C@H](Oc2ncc3ncnc(Nc4ccc(Cl)c(Cl)c4F)c3n2)C1. The highest BCUT2D eigenvalue weighted by atomic mass is 35.5. The van der Waals surface area contributed by atoms with E-state index in [1.807, 2.05) is 0 Å². The summed E-state index contributed by atoms with van der Waals surface area (Å²) in [4.78, 5) is 30.2. The van der Waals surface area contributed by atoms with E-state index < -0.39 is 5.82 Å². The predicted octanol–water partition coefficient (Wildman–Crippen LogP) is 3.78. The van der Waals surface area contributed by atoms with E-state index >= 15 is 0 Å². The minimum atomic E-state index is -0.709. The second-order valence-electron chi connectivity index (χ2n) is 6.47. The van der Waals surface area contributed by atoms with Crippen molar-refractivity contribution in [2.24, 2.45) is 0 Å². The molecule has 3 aromatic rings. The van der Waals surface area contributed by atoms with Crippen molar-refractivity contribution in [1.82, 2.24) is 24.8 Å². The molecule has 1 saturated heterocycles. The van der Waals surface area contributed by atoms with Gasteiger partial charge in [0.05, 0.1) is 28.5 Å². The van der Waals surface area contributed by atoms with E-state index in [0.29, 0.717) is 30.5 Å². The molecule has 0 bridgehead atoms. The molecule has 1 aromatic carbocycles. The number of benzene rings is 1. The summed E-state index contributed by atoms with van der Waals surface area (Å²) in [5.74, 6) is -0.608. The molecule has 3 heterocycles. The molecule has 1 aliphatic rings. The number of ether oxygens (including phenoxy) is 1. The van der Waals surface area contributed by atoms with Crippen LogP contribution in [0.25, 0.3) is 11.0 Å². The average molecular weight is 449 g/mol. The molecule has 11 heteroatoms. The summed E-state index contributed by atoms with van der Waals surface area (Å²) in [6.45, 7) is 4.47. The van der Waals surface area contributed by atoms with Crippen molar-refractivity contribution in [3.8, 4) is 6.01 Å².